The number of benzene rings is 2. The van der Waals surface area contributed by atoms with Crippen molar-refractivity contribution >= 4 is 11.3 Å². The molecular weight excluding hydrogens is 282 g/mol. The van der Waals surface area contributed by atoms with Crippen LogP contribution in [-0.2, 0) is 0 Å². The number of hydrogen-bond acceptors (Lipinski definition) is 2. The van der Waals surface area contributed by atoms with E-state index in [1.807, 2.05) is 24.3 Å². The van der Waals surface area contributed by atoms with Crippen molar-refractivity contribution in [1.29, 1.82) is 0 Å². The third-order valence-electron chi connectivity index (χ3n) is 4.14. The molecule has 23 heavy (non-hydrogen) atoms. The van der Waals surface area contributed by atoms with Crippen LogP contribution in [0.4, 0.5) is 0 Å². The van der Waals surface area contributed by atoms with Gasteiger partial charge in [0.2, 0.25) is 0 Å². The second-order valence-electron chi connectivity index (χ2n) is 6.15. The third kappa shape index (κ3) is 4.32. The topological polar surface area (TPSA) is 32.6 Å². The normalized spacial score (nSPS) is 13.9. The summed E-state index contributed by atoms with van der Waals surface area (Å²) < 4.78 is 0. The predicted octanol–water partition coefficient (Wildman–Crippen LogP) is 5.61. The minimum absolute atomic E-state index is 0.411. The zero-order valence-electron chi connectivity index (χ0n) is 14.4. The molecule has 2 aromatic carbocycles. The van der Waals surface area contributed by atoms with Gasteiger partial charge in [-0.25, -0.2) is 0 Å². The highest BCUT2D eigenvalue weighted by Gasteiger charge is 2.14. The van der Waals surface area contributed by atoms with Crippen molar-refractivity contribution in [2.75, 3.05) is 0 Å². The molecule has 0 saturated heterocycles. The molecule has 2 aromatic rings. The van der Waals surface area contributed by atoms with E-state index in [0.717, 1.165) is 23.1 Å². The Hall–Kier alpha value is -2.35. The minimum atomic E-state index is 0.411. The van der Waals surface area contributed by atoms with Gasteiger partial charge >= 0.3 is 0 Å². The lowest BCUT2D eigenvalue weighted by Gasteiger charge is -2.14. The van der Waals surface area contributed by atoms with Gasteiger partial charge in [-0.15, -0.1) is 0 Å². The molecule has 1 N–H and O–H groups in total. The number of allylic oxidation sites excluding steroid dienone is 2. The first-order chi connectivity index (χ1) is 11.0. The molecule has 0 spiro atoms. The van der Waals surface area contributed by atoms with E-state index in [9.17, 15) is 5.21 Å². The van der Waals surface area contributed by atoms with Crippen LogP contribution >= 0.6 is 0 Å². The average molecular weight is 307 g/mol. The maximum Gasteiger partial charge on any atom is 0.117 e. The second-order valence-corrected chi connectivity index (χ2v) is 6.15. The largest absolute Gasteiger partial charge is 0.410 e. The van der Waals surface area contributed by atoms with Gasteiger partial charge in [0.15, 0.2) is 0 Å². The maximum atomic E-state index is 9.67. The molecule has 1 atom stereocenters. The van der Waals surface area contributed by atoms with Crippen LogP contribution in [0.15, 0.2) is 59.8 Å². The Morgan fingerprint density at radius 2 is 1.43 bits per heavy atom. The van der Waals surface area contributed by atoms with Crippen molar-refractivity contribution in [3.8, 4) is 0 Å². The fourth-order valence-electron chi connectivity index (χ4n) is 2.43. The Kier molecular flexibility index (Phi) is 5.75. The fraction of sp³-hybridized carbons (Fsp3) is 0.286. The van der Waals surface area contributed by atoms with Crippen LogP contribution < -0.4 is 0 Å². The van der Waals surface area contributed by atoms with E-state index in [2.05, 4.69) is 63.2 Å². The van der Waals surface area contributed by atoms with E-state index in [1.54, 1.807) is 0 Å². The summed E-state index contributed by atoms with van der Waals surface area (Å²) in [6.07, 6.45) is 3.24. The molecule has 2 nitrogen and oxygen atoms in total. The zero-order valence-corrected chi connectivity index (χ0v) is 14.4. The number of aryl methyl sites for hydroxylation is 2. The first kappa shape index (κ1) is 17.0. The van der Waals surface area contributed by atoms with E-state index >= 15 is 0 Å². The lowest BCUT2D eigenvalue weighted by Crippen LogP contribution is -2.07. The minimum Gasteiger partial charge on any atom is -0.410 e. The highest BCUT2D eigenvalue weighted by Crippen LogP contribution is 2.24. The number of nitrogens with zero attached hydrogens (tertiary/aromatic N) is 1. The fourth-order valence-corrected chi connectivity index (χ4v) is 2.43. The highest BCUT2D eigenvalue weighted by atomic mass is 16.4. The summed E-state index contributed by atoms with van der Waals surface area (Å²) in [5.74, 6) is 0.411. The molecule has 2 rings (SSSR count). The molecule has 0 amide bonds. The molecule has 120 valence electrons. The Morgan fingerprint density at radius 3 is 1.87 bits per heavy atom. The van der Waals surface area contributed by atoms with Crippen LogP contribution in [0.5, 0.6) is 0 Å². The molecule has 0 aromatic heterocycles. The van der Waals surface area contributed by atoms with Crippen molar-refractivity contribution in [2.45, 2.75) is 34.1 Å². The van der Waals surface area contributed by atoms with Gasteiger partial charge < -0.3 is 5.21 Å². The van der Waals surface area contributed by atoms with Crippen LogP contribution in [0.2, 0.25) is 0 Å². The van der Waals surface area contributed by atoms with Crippen molar-refractivity contribution < 1.29 is 5.21 Å². The Balaban J connectivity index is 2.53. The van der Waals surface area contributed by atoms with Crippen LogP contribution in [0, 0.1) is 19.8 Å². The Morgan fingerprint density at radius 1 is 0.957 bits per heavy atom. The average Bonchev–Trinajstić information content (AvgIpc) is 2.57. The van der Waals surface area contributed by atoms with E-state index in [0.29, 0.717) is 11.6 Å². The van der Waals surface area contributed by atoms with Crippen LogP contribution in [0.3, 0.4) is 0 Å². The molecule has 0 saturated carbocycles. The summed E-state index contributed by atoms with van der Waals surface area (Å²) >= 11 is 0. The number of rotatable bonds is 5. The number of oxime groups is 1. The molecule has 0 aliphatic heterocycles. The zero-order chi connectivity index (χ0) is 16.8. The molecule has 0 heterocycles. The highest BCUT2D eigenvalue weighted by molar-refractivity contribution is 6.31. The van der Waals surface area contributed by atoms with Gasteiger partial charge in [0.05, 0.1) is 0 Å². The van der Waals surface area contributed by atoms with Crippen molar-refractivity contribution in [1.82, 2.24) is 0 Å². The van der Waals surface area contributed by atoms with Gasteiger partial charge in [-0.3, -0.25) is 0 Å². The van der Waals surface area contributed by atoms with Gasteiger partial charge in [0.25, 0.3) is 0 Å². The van der Waals surface area contributed by atoms with Crippen molar-refractivity contribution in [3.05, 3.63) is 76.9 Å². The molecule has 0 aliphatic rings. The van der Waals surface area contributed by atoms with E-state index in [-0.39, 0.29) is 0 Å². The van der Waals surface area contributed by atoms with E-state index in [4.69, 9.17) is 0 Å². The SMILES string of the molecule is CCC(C)/C=C(/C(=N\O)c1ccc(C)cc1)c1ccc(C)cc1. The summed E-state index contributed by atoms with van der Waals surface area (Å²) in [6, 6.07) is 16.4. The van der Waals surface area contributed by atoms with Crippen molar-refractivity contribution in [3.63, 3.8) is 0 Å². The summed E-state index contributed by atoms with van der Waals surface area (Å²) in [7, 11) is 0. The van der Waals surface area contributed by atoms with Crippen LogP contribution in [0.25, 0.3) is 5.57 Å². The standard InChI is InChI=1S/C21H25NO/c1-5-15(2)14-20(18-10-6-16(3)7-11-18)21(22-23)19-12-8-17(4)9-13-19/h6-15,23H,5H2,1-4H3/b20-14+,22-21-. The first-order valence-corrected chi connectivity index (χ1v) is 8.13. The summed E-state index contributed by atoms with van der Waals surface area (Å²) in [5, 5.41) is 13.3. The predicted molar refractivity (Wildman–Crippen MR) is 98.1 cm³/mol. The molecular formula is C21H25NO. The quantitative estimate of drug-likeness (QED) is 0.434. The summed E-state index contributed by atoms with van der Waals surface area (Å²) in [5.41, 5.74) is 6.00. The van der Waals surface area contributed by atoms with Gasteiger partial charge in [0.1, 0.15) is 5.71 Å². The lowest BCUT2D eigenvalue weighted by molar-refractivity contribution is 0.320. The molecule has 0 aliphatic carbocycles. The van der Waals surface area contributed by atoms with Gasteiger partial charge in [0, 0.05) is 11.1 Å². The third-order valence-corrected chi connectivity index (χ3v) is 4.14. The Labute approximate surface area is 139 Å². The molecule has 2 heteroatoms. The van der Waals surface area contributed by atoms with Crippen LogP contribution in [0.1, 0.15) is 42.5 Å². The first-order valence-electron chi connectivity index (χ1n) is 8.13. The molecule has 0 bridgehead atoms. The summed E-state index contributed by atoms with van der Waals surface area (Å²) in [4.78, 5) is 0. The molecule has 1 unspecified atom stereocenters. The van der Waals surface area contributed by atoms with Gasteiger partial charge in [-0.2, -0.15) is 0 Å². The maximum absolute atomic E-state index is 9.67. The van der Waals surface area contributed by atoms with E-state index in [1.165, 1.54) is 11.1 Å². The lowest BCUT2D eigenvalue weighted by atomic mass is 9.91. The van der Waals surface area contributed by atoms with E-state index < -0.39 is 0 Å². The van der Waals surface area contributed by atoms with Crippen molar-refractivity contribution in [2.24, 2.45) is 11.1 Å². The monoisotopic (exact) mass is 307 g/mol. The second kappa shape index (κ2) is 7.77. The number of hydrogen-bond donors (Lipinski definition) is 1. The smallest absolute Gasteiger partial charge is 0.117 e. The summed E-state index contributed by atoms with van der Waals surface area (Å²) in [6.45, 7) is 8.46. The van der Waals surface area contributed by atoms with Crippen LogP contribution in [-0.4, -0.2) is 10.9 Å². The van der Waals surface area contributed by atoms with Gasteiger partial charge in [-0.1, -0.05) is 91.2 Å². The molecule has 0 radical (unpaired) electrons. The van der Waals surface area contributed by atoms with Gasteiger partial charge in [-0.05, 0) is 25.3 Å². The molecule has 0 fully saturated rings. The Bertz CT molecular complexity index is 694.